The Kier molecular flexibility index (Phi) is 3.63. The number of carbonyl (C=O) groups is 2. The van der Waals surface area contributed by atoms with Crippen LogP contribution in [0, 0.1) is 0 Å². The number of nitrogens with one attached hydrogen (secondary N) is 1. The van der Waals surface area contributed by atoms with Gasteiger partial charge in [-0.25, -0.2) is 0 Å². The fourth-order valence-corrected chi connectivity index (χ4v) is 1.15. The number of rotatable bonds is 3. The second kappa shape index (κ2) is 4.67. The molecular formula is C9H10F3N3O3. The summed E-state index contributed by atoms with van der Waals surface area (Å²) in [7, 11) is 1.16. The third-order valence-electron chi connectivity index (χ3n) is 2.12. The molecule has 0 aliphatic carbocycles. The van der Waals surface area contributed by atoms with Gasteiger partial charge in [0, 0.05) is 13.1 Å². The topological polar surface area (TPSA) is 84.2 Å². The molecular weight excluding hydrogens is 255 g/mol. The first-order valence-electron chi connectivity index (χ1n) is 4.78. The smallest absolute Gasteiger partial charge is 0.435 e. The summed E-state index contributed by atoms with van der Waals surface area (Å²) in [5.74, 6) is -2.23. The lowest BCUT2D eigenvalue weighted by Gasteiger charge is -2.08. The molecule has 0 aromatic carbocycles. The number of carbonyl (C=O) groups excluding carboxylic acids is 1. The molecule has 0 saturated heterocycles. The molecule has 1 heterocycles. The van der Waals surface area contributed by atoms with E-state index in [1.165, 1.54) is 6.92 Å². The minimum absolute atomic E-state index is 0.365. The molecule has 1 rings (SSSR count). The van der Waals surface area contributed by atoms with Gasteiger partial charge in [-0.05, 0) is 6.92 Å². The van der Waals surface area contributed by atoms with Gasteiger partial charge in [-0.1, -0.05) is 0 Å². The number of carboxylic acid groups (broad SMARTS) is 1. The Morgan fingerprint density at radius 2 is 2.06 bits per heavy atom. The van der Waals surface area contributed by atoms with E-state index < -0.39 is 29.8 Å². The first-order chi connectivity index (χ1) is 8.12. The molecule has 0 spiro atoms. The van der Waals surface area contributed by atoms with Crippen LogP contribution >= 0.6 is 0 Å². The zero-order chi connectivity index (χ0) is 14.1. The maximum atomic E-state index is 12.3. The molecule has 18 heavy (non-hydrogen) atoms. The van der Waals surface area contributed by atoms with Gasteiger partial charge >= 0.3 is 12.1 Å². The maximum absolute atomic E-state index is 12.3. The van der Waals surface area contributed by atoms with Crippen LogP contribution in [0.25, 0.3) is 0 Å². The van der Waals surface area contributed by atoms with E-state index in [0.717, 1.165) is 11.7 Å². The highest BCUT2D eigenvalue weighted by Gasteiger charge is 2.35. The van der Waals surface area contributed by atoms with Crippen LogP contribution in [0.5, 0.6) is 0 Å². The van der Waals surface area contributed by atoms with Gasteiger partial charge in [-0.3, -0.25) is 14.3 Å². The van der Waals surface area contributed by atoms with Gasteiger partial charge in [0.25, 0.3) is 5.91 Å². The summed E-state index contributed by atoms with van der Waals surface area (Å²) < 4.78 is 37.7. The Bertz CT molecular complexity index is 481. The standard InChI is InChI=1S/C9H10F3N3O3/c1-4(8(17)18)13-7(16)5-3-6(9(10,11)12)14-15(5)2/h3-4H,1-2H3,(H,13,16)(H,17,18). The lowest BCUT2D eigenvalue weighted by Crippen LogP contribution is -2.39. The number of aromatic nitrogens is 2. The monoisotopic (exact) mass is 265 g/mol. The van der Waals surface area contributed by atoms with Crippen LogP contribution in [-0.4, -0.2) is 32.8 Å². The fourth-order valence-electron chi connectivity index (χ4n) is 1.15. The van der Waals surface area contributed by atoms with Crippen molar-refractivity contribution in [3.63, 3.8) is 0 Å². The second-order valence-corrected chi connectivity index (χ2v) is 3.57. The molecule has 0 saturated carbocycles. The van der Waals surface area contributed by atoms with Crippen molar-refractivity contribution >= 4 is 11.9 Å². The number of amides is 1. The van der Waals surface area contributed by atoms with Crippen LogP contribution < -0.4 is 5.32 Å². The summed E-state index contributed by atoms with van der Waals surface area (Å²) in [5, 5.41) is 13.7. The van der Waals surface area contributed by atoms with Gasteiger partial charge in [0.2, 0.25) is 0 Å². The fraction of sp³-hybridized carbons (Fsp3) is 0.444. The van der Waals surface area contributed by atoms with Gasteiger partial charge in [0.05, 0.1) is 0 Å². The first-order valence-corrected chi connectivity index (χ1v) is 4.78. The Hall–Kier alpha value is -2.06. The Morgan fingerprint density at radius 3 is 2.44 bits per heavy atom. The van der Waals surface area contributed by atoms with Crippen LogP contribution in [0.3, 0.4) is 0 Å². The number of hydrogen-bond donors (Lipinski definition) is 2. The van der Waals surface area contributed by atoms with Crippen LogP contribution in [0.15, 0.2) is 6.07 Å². The van der Waals surface area contributed by atoms with Gasteiger partial charge in [0.1, 0.15) is 11.7 Å². The largest absolute Gasteiger partial charge is 0.480 e. The Balaban J connectivity index is 2.94. The van der Waals surface area contributed by atoms with Crippen molar-refractivity contribution in [1.82, 2.24) is 15.1 Å². The molecule has 1 amide bonds. The van der Waals surface area contributed by atoms with E-state index in [2.05, 4.69) is 5.10 Å². The van der Waals surface area contributed by atoms with Crippen LogP contribution in [0.2, 0.25) is 0 Å². The van der Waals surface area contributed by atoms with E-state index in [4.69, 9.17) is 5.11 Å². The number of aryl methyl sites for hydroxylation is 1. The molecule has 1 aromatic heterocycles. The number of carboxylic acids is 1. The van der Waals surface area contributed by atoms with E-state index in [1.54, 1.807) is 0 Å². The highest BCUT2D eigenvalue weighted by atomic mass is 19.4. The molecule has 100 valence electrons. The van der Waals surface area contributed by atoms with Crippen LogP contribution in [0.1, 0.15) is 23.1 Å². The third kappa shape index (κ3) is 2.99. The van der Waals surface area contributed by atoms with Crippen molar-refractivity contribution in [1.29, 1.82) is 0 Å². The molecule has 6 nitrogen and oxygen atoms in total. The van der Waals surface area contributed by atoms with E-state index in [0.29, 0.717) is 6.07 Å². The second-order valence-electron chi connectivity index (χ2n) is 3.57. The molecule has 1 aromatic rings. The van der Waals surface area contributed by atoms with Crippen LogP contribution in [0.4, 0.5) is 13.2 Å². The normalized spacial score (nSPS) is 13.2. The predicted molar refractivity (Wildman–Crippen MR) is 52.8 cm³/mol. The van der Waals surface area contributed by atoms with E-state index in [-0.39, 0.29) is 5.69 Å². The van der Waals surface area contributed by atoms with Crippen molar-refractivity contribution in [2.75, 3.05) is 0 Å². The average Bonchev–Trinajstić information content (AvgIpc) is 2.59. The highest BCUT2D eigenvalue weighted by Crippen LogP contribution is 2.28. The van der Waals surface area contributed by atoms with Crippen molar-refractivity contribution < 1.29 is 27.9 Å². The molecule has 1 atom stereocenters. The zero-order valence-electron chi connectivity index (χ0n) is 9.45. The average molecular weight is 265 g/mol. The predicted octanol–water partition coefficient (Wildman–Crippen LogP) is 0.642. The molecule has 2 N–H and O–H groups in total. The molecule has 0 aliphatic heterocycles. The quantitative estimate of drug-likeness (QED) is 0.840. The number of aliphatic carboxylic acids is 1. The van der Waals surface area contributed by atoms with Crippen molar-refractivity contribution in [2.24, 2.45) is 7.05 Å². The number of halogens is 3. The maximum Gasteiger partial charge on any atom is 0.435 e. The molecule has 9 heteroatoms. The lowest BCUT2D eigenvalue weighted by atomic mass is 10.3. The lowest BCUT2D eigenvalue weighted by molar-refractivity contribution is -0.141. The number of nitrogens with zero attached hydrogens (tertiary/aromatic N) is 2. The summed E-state index contributed by atoms with van der Waals surface area (Å²) in [6.07, 6.45) is -4.66. The van der Waals surface area contributed by atoms with Gasteiger partial charge < -0.3 is 10.4 Å². The summed E-state index contributed by atoms with van der Waals surface area (Å²) in [6.45, 7) is 1.20. The molecule has 0 aliphatic rings. The van der Waals surface area contributed by atoms with Crippen LogP contribution in [-0.2, 0) is 18.0 Å². The van der Waals surface area contributed by atoms with E-state index in [9.17, 15) is 22.8 Å². The number of alkyl halides is 3. The van der Waals surface area contributed by atoms with Gasteiger partial charge in [-0.2, -0.15) is 18.3 Å². The summed E-state index contributed by atoms with van der Waals surface area (Å²) in [5.41, 5.74) is -1.58. The van der Waals surface area contributed by atoms with Gasteiger partial charge in [0.15, 0.2) is 5.69 Å². The summed E-state index contributed by atoms with van der Waals surface area (Å²) in [6, 6.07) is -0.647. The van der Waals surface area contributed by atoms with Crippen molar-refractivity contribution in [3.8, 4) is 0 Å². The number of hydrogen-bond acceptors (Lipinski definition) is 3. The minimum atomic E-state index is -4.66. The Labute approximate surface area is 99.4 Å². The molecule has 1 unspecified atom stereocenters. The third-order valence-corrected chi connectivity index (χ3v) is 2.12. The highest BCUT2D eigenvalue weighted by molar-refractivity contribution is 5.95. The SMILES string of the molecule is CC(NC(=O)c1cc(C(F)(F)F)nn1C)C(=O)O. The molecule has 0 radical (unpaired) electrons. The first kappa shape index (κ1) is 14.0. The van der Waals surface area contributed by atoms with E-state index >= 15 is 0 Å². The Morgan fingerprint density at radius 1 is 1.50 bits per heavy atom. The van der Waals surface area contributed by atoms with E-state index in [1.807, 2.05) is 5.32 Å². The summed E-state index contributed by atoms with van der Waals surface area (Å²) >= 11 is 0. The van der Waals surface area contributed by atoms with Crippen molar-refractivity contribution in [2.45, 2.75) is 19.1 Å². The molecule has 0 bridgehead atoms. The summed E-state index contributed by atoms with van der Waals surface area (Å²) in [4.78, 5) is 22.0. The zero-order valence-corrected chi connectivity index (χ0v) is 9.45. The minimum Gasteiger partial charge on any atom is -0.480 e. The van der Waals surface area contributed by atoms with Crippen molar-refractivity contribution in [3.05, 3.63) is 17.5 Å². The molecule has 0 fully saturated rings. The van der Waals surface area contributed by atoms with Gasteiger partial charge in [-0.15, -0.1) is 0 Å².